The van der Waals surface area contributed by atoms with Crippen LogP contribution in [0.3, 0.4) is 0 Å². The summed E-state index contributed by atoms with van der Waals surface area (Å²) in [6.07, 6.45) is 1.01. The van der Waals surface area contributed by atoms with Gasteiger partial charge in [-0.25, -0.2) is 0 Å². The van der Waals surface area contributed by atoms with Gasteiger partial charge in [-0.1, -0.05) is 91.0 Å². The Labute approximate surface area is 197 Å². The van der Waals surface area contributed by atoms with E-state index in [1.807, 2.05) is 0 Å². The van der Waals surface area contributed by atoms with Gasteiger partial charge < -0.3 is 4.57 Å². The third-order valence-corrected chi connectivity index (χ3v) is 7.58. The lowest BCUT2D eigenvalue weighted by atomic mass is 9.98. The smallest absolute Gasteiger partial charge is 0.0547 e. The number of para-hydroxylation sites is 1. The number of nitrogens with zero attached hydrogens (tertiary/aromatic N) is 1. The Balaban J connectivity index is 1.47. The average Bonchev–Trinajstić information content (AvgIpc) is 3.44. The van der Waals surface area contributed by atoms with E-state index in [-0.39, 0.29) is 0 Å². The zero-order chi connectivity index (χ0) is 22.2. The van der Waals surface area contributed by atoms with Gasteiger partial charge in [0.1, 0.15) is 0 Å². The first-order chi connectivity index (χ1) is 16.9. The summed E-state index contributed by atoms with van der Waals surface area (Å²) in [5, 5.41) is 7.90. The summed E-state index contributed by atoms with van der Waals surface area (Å²) >= 11 is 0. The summed E-state index contributed by atoms with van der Waals surface area (Å²) in [4.78, 5) is 0. The predicted octanol–water partition coefficient (Wildman–Crippen LogP) is 8.66. The Morgan fingerprint density at radius 1 is 0.500 bits per heavy atom. The van der Waals surface area contributed by atoms with E-state index >= 15 is 0 Å². The van der Waals surface area contributed by atoms with Crippen molar-refractivity contribution in [2.75, 3.05) is 0 Å². The highest BCUT2D eigenvalue weighted by atomic mass is 15.0. The molecule has 8 rings (SSSR count). The molecule has 1 aromatic heterocycles. The highest BCUT2D eigenvalue weighted by molar-refractivity contribution is 6.21. The lowest BCUT2D eigenvalue weighted by molar-refractivity contribution is 1.17. The second-order valence-electron chi connectivity index (χ2n) is 9.37. The van der Waals surface area contributed by atoms with Crippen molar-refractivity contribution in [3.05, 3.63) is 126 Å². The first kappa shape index (κ1) is 18.1. The molecule has 34 heavy (non-hydrogen) atoms. The monoisotopic (exact) mass is 431 g/mol. The topological polar surface area (TPSA) is 4.93 Å². The summed E-state index contributed by atoms with van der Waals surface area (Å²) in [5.41, 5.74) is 9.36. The number of benzene rings is 6. The van der Waals surface area contributed by atoms with Crippen LogP contribution in [0.2, 0.25) is 0 Å². The van der Waals surface area contributed by atoms with E-state index in [1.54, 1.807) is 0 Å². The first-order valence-electron chi connectivity index (χ1n) is 11.9. The lowest BCUT2D eigenvalue weighted by Gasteiger charge is -2.12. The van der Waals surface area contributed by atoms with Crippen LogP contribution in [0.1, 0.15) is 11.1 Å². The van der Waals surface area contributed by atoms with Gasteiger partial charge >= 0.3 is 0 Å². The van der Waals surface area contributed by atoms with E-state index in [2.05, 4.69) is 120 Å². The zero-order valence-electron chi connectivity index (χ0n) is 18.6. The van der Waals surface area contributed by atoms with Crippen LogP contribution in [-0.4, -0.2) is 4.57 Å². The SMILES string of the molecule is c1ccc2c3c(ccc2c1)Cc1ccc(-n2c4ccccc4c4c5ccccc5ccc42)cc1-3. The minimum atomic E-state index is 1.01. The molecule has 0 spiro atoms. The molecule has 0 saturated heterocycles. The van der Waals surface area contributed by atoms with Crippen molar-refractivity contribution in [2.24, 2.45) is 0 Å². The van der Waals surface area contributed by atoms with E-state index in [1.165, 1.54) is 71.3 Å². The molecular weight excluding hydrogens is 410 g/mol. The summed E-state index contributed by atoms with van der Waals surface area (Å²) in [5.74, 6) is 0. The molecule has 1 nitrogen and oxygen atoms in total. The van der Waals surface area contributed by atoms with Crippen molar-refractivity contribution in [3.8, 4) is 16.8 Å². The van der Waals surface area contributed by atoms with Crippen LogP contribution in [0.25, 0.3) is 60.2 Å². The molecule has 0 saturated carbocycles. The second-order valence-corrected chi connectivity index (χ2v) is 9.37. The van der Waals surface area contributed by atoms with Crippen LogP contribution in [0.5, 0.6) is 0 Å². The minimum absolute atomic E-state index is 1.01. The van der Waals surface area contributed by atoms with Gasteiger partial charge in [-0.3, -0.25) is 0 Å². The maximum Gasteiger partial charge on any atom is 0.0547 e. The number of aromatic nitrogens is 1. The number of rotatable bonds is 1. The van der Waals surface area contributed by atoms with Gasteiger partial charge in [-0.05, 0) is 74.5 Å². The molecule has 7 aromatic rings. The van der Waals surface area contributed by atoms with Crippen LogP contribution in [0.15, 0.2) is 115 Å². The third kappa shape index (κ3) is 2.34. The minimum Gasteiger partial charge on any atom is -0.309 e. The molecule has 1 heteroatoms. The first-order valence-corrected chi connectivity index (χ1v) is 11.9. The molecule has 0 unspecified atom stereocenters. The van der Waals surface area contributed by atoms with Gasteiger partial charge in [-0.15, -0.1) is 0 Å². The van der Waals surface area contributed by atoms with E-state index in [4.69, 9.17) is 0 Å². The van der Waals surface area contributed by atoms with E-state index in [9.17, 15) is 0 Å². The lowest BCUT2D eigenvalue weighted by Crippen LogP contribution is -1.95. The van der Waals surface area contributed by atoms with E-state index in [0.717, 1.165) is 6.42 Å². The molecule has 1 aliphatic carbocycles. The molecule has 0 atom stereocenters. The highest BCUT2D eigenvalue weighted by Crippen LogP contribution is 2.43. The maximum atomic E-state index is 2.44. The fraction of sp³-hybridized carbons (Fsp3) is 0.0303. The van der Waals surface area contributed by atoms with Crippen LogP contribution >= 0.6 is 0 Å². The van der Waals surface area contributed by atoms with E-state index in [0.29, 0.717) is 0 Å². The van der Waals surface area contributed by atoms with Gasteiger partial charge in [-0.2, -0.15) is 0 Å². The second kappa shape index (κ2) is 6.59. The predicted molar refractivity (Wildman–Crippen MR) is 144 cm³/mol. The van der Waals surface area contributed by atoms with Crippen molar-refractivity contribution < 1.29 is 0 Å². The molecule has 0 radical (unpaired) electrons. The Morgan fingerprint density at radius 2 is 1.18 bits per heavy atom. The third-order valence-electron chi connectivity index (χ3n) is 7.58. The fourth-order valence-corrected chi connectivity index (χ4v) is 6.10. The van der Waals surface area contributed by atoms with Crippen molar-refractivity contribution in [3.63, 3.8) is 0 Å². The quantitative estimate of drug-likeness (QED) is 0.245. The van der Waals surface area contributed by atoms with Crippen LogP contribution in [0, 0.1) is 0 Å². The van der Waals surface area contributed by atoms with Crippen molar-refractivity contribution >= 4 is 43.4 Å². The molecule has 1 aliphatic rings. The summed E-state index contributed by atoms with van der Waals surface area (Å²) in [6.45, 7) is 0. The van der Waals surface area contributed by atoms with E-state index < -0.39 is 0 Å². The average molecular weight is 432 g/mol. The van der Waals surface area contributed by atoms with Crippen LogP contribution < -0.4 is 0 Å². The highest BCUT2D eigenvalue weighted by Gasteiger charge is 2.22. The Bertz CT molecular complexity index is 1940. The molecule has 6 aromatic carbocycles. The van der Waals surface area contributed by atoms with Gasteiger partial charge in [0, 0.05) is 16.5 Å². The molecule has 0 N–H and O–H groups in total. The van der Waals surface area contributed by atoms with Crippen molar-refractivity contribution in [1.29, 1.82) is 0 Å². The van der Waals surface area contributed by atoms with Crippen LogP contribution in [-0.2, 0) is 6.42 Å². The number of fused-ring (bicyclic) bond motifs is 10. The Hall–Kier alpha value is -4.36. The van der Waals surface area contributed by atoms with Gasteiger partial charge in [0.15, 0.2) is 0 Å². The molecule has 0 aliphatic heterocycles. The molecule has 158 valence electrons. The van der Waals surface area contributed by atoms with Crippen molar-refractivity contribution in [1.82, 2.24) is 4.57 Å². The van der Waals surface area contributed by atoms with Crippen molar-refractivity contribution in [2.45, 2.75) is 6.42 Å². The summed E-state index contributed by atoms with van der Waals surface area (Å²) in [6, 6.07) is 42.5. The van der Waals surface area contributed by atoms with Gasteiger partial charge in [0.2, 0.25) is 0 Å². The fourth-order valence-electron chi connectivity index (χ4n) is 6.10. The van der Waals surface area contributed by atoms with Gasteiger partial charge in [0.25, 0.3) is 0 Å². The Morgan fingerprint density at radius 3 is 2.06 bits per heavy atom. The summed E-state index contributed by atoms with van der Waals surface area (Å²) in [7, 11) is 0. The standard InChI is InChI=1S/C33H21N/c1-3-9-26-21(7-1)13-14-24-19-23-15-17-25(20-29(23)32(24)26)34-30-12-6-5-11-28(30)33-27-10-4-2-8-22(27)16-18-31(33)34/h1-18,20H,19H2. The molecule has 0 fully saturated rings. The van der Waals surface area contributed by atoms with Gasteiger partial charge in [0.05, 0.1) is 11.0 Å². The largest absolute Gasteiger partial charge is 0.309 e. The molecule has 0 amide bonds. The zero-order valence-corrected chi connectivity index (χ0v) is 18.6. The summed E-state index contributed by atoms with van der Waals surface area (Å²) < 4.78 is 2.44. The normalized spacial score (nSPS) is 12.6. The molecule has 1 heterocycles. The number of hydrogen-bond acceptors (Lipinski definition) is 0. The maximum absolute atomic E-state index is 2.44. The molecular formula is C33H21N. The molecule has 0 bridgehead atoms. The number of hydrogen-bond donors (Lipinski definition) is 0. The van der Waals surface area contributed by atoms with Crippen LogP contribution in [0.4, 0.5) is 0 Å². The Kier molecular flexibility index (Phi) is 3.51.